The van der Waals surface area contributed by atoms with Crippen molar-refractivity contribution in [2.24, 2.45) is 0 Å². The Bertz CT molecular complexity index is 8.00. The summed E-state index contributed by atoms with van der Waals surface area (Å²) in [4.78, 5) is 0. The van der Waals surface area contributed by atoms with E-state index in [2.05, 4.69) is 0 Å². The third-order valence-corrected chi connectivity index (χ3v) is 0. The molecule has 0 saturated carbocycles. The minimum absolute atomic E-state index is 0. The van der Waals surface area contributed by atoms with Crippen molar-refractivity contribution in [3.63, 3.8) is 0 Å². The van der Waals surface area contributed by atoms with Crippen LogP contribution in [0.25, 0.3) is 0 Å². The Kier molecular flexibility index (Phi) is 95.3. The van der Waals surface area contributed by atoms with Crippen LogP contribution in [0.2, 0.25) is 0 Å². The van der Waals surface area contributed by atoms with Gasteiger partial charge in [-0.3, -0.25) is 0 Å². The van der Waals surface area contributed by atoms with Crippen LogP contribution in [0, 0.1) is 82.6 Å². The van der Waals surface area contributed by atoms with E-state index in [1.807, 2.05) is 0 Å². The molecule has 4 heteroatoms. The van der Waals surface area contributed by atoms with Gasteiger partial charge in [0.2, 0.25) is 0 Å². The molecule has 0 amide bonds. The van der Waals surface area contributed by atoms with Crippen molar-refractivity contribution in [1.82, 2.24) is 0 Å². The minimum atomic E-state index is 0. The monoisotopic (exact) mass is 463 g/mol. The van der Waals surface area contributed by atoms with Crippen LogP contribution in [-0.2, 0) is 17.1 Å². The fraction of sp³-hybridized carbons (Fsp3) is 0. The van der Waals surface area contributed by atoms with E-state index in [1.165, 1.54) is 0 Å². The summed E-state index contributed by atoms with van der Waals surface area (Å²) in [6, 6.07) is 0. The quantitative estimate of drug-likeness (QED) is 0.395. The van der Waals surface area contributed by atoms with Crippen molar-refractivity contribution in [3.05, 3.63) is 0 Å². The molecule has 0 unspecified atom stereocenters. The van der Waals surface area contributed by atoms with Gasteiger partial charge >= 0.3 is 25.8 Å². The van der Waals surface area contributed by atoms with E-state index >= 15 is 0 Å². The van der Waals surface area contributed by atoms with Gasteiger partial charge in [-0.1, -0.05) is 0 Å². The molecule has 0 fully saturated rings. The van der Waals surface area contributed by atoms with E-state index in [0.29, 0.717) is 0 Å². The molecule has 0 aromatic heterocycles. The van der Waals surface area contributed by atoms with E-state index in [9.17, 15) is 0 Å². The maximum atomic E-state index is 0. The van der Waals surface area contributed by atoms with Gasteiger partial charge in [0.1, 0.15) is 0 Å². The zero-order valence-electron chi connectivity index (χ0n) is 1.30. The predicted molar refractivity (Wildman–Crippen MR) is 9.94 cm³/mol. The van der Waals surface area contributed by atoms with Crippen molar-refractivity contribution in [1.29, 1.82) is 0 Å². The molecule has 0 nitrogen and oxygen atoms in total. The van der Waals surface area contributed by atoms with E-state index in [0.717, 1.165) is 0 Å². The Balaban J connectivity index is 0. The number of rotatable bonds is 0. The van der Waals surface area contributed by atoms with Crippen LogP contribution in [0.15, 0.2) is 0 Å². The number of hydrogen-bond acceptors (Lipinski definition) is 0. The topological polar surface area (TPSA) is 0 Å². The molecule has 0 aliphatic heterocycles. The molecule has 0 atom stereocenters. The Morgan fingerprint density at radius 2 is 1.00 bits per heavy atom. The van der Waals surface area contributed by atoms with Gasteiger partial charge in [0.05, 0.1) is 0 Å². The van der Waals surface area contributed by atoms with Gasteiger partial charge < -0.3 is 0 Å². The normalized spacial score (nSPS) is 0. The SMILES string of the molecule is [Ce].[Cu].[InH3].[Nd]. The first kappa shape index (κ1) is 24.3. The second-order valence-corrected chi connectivity index (χ2v) is 0. The smallest absolute Gasteiger partial charge is 0 e. The molecule has 0 aliphatic rings. The van der Waals surface area contributed by atoms with Gasteiger partial charge in [-0.25, -0.2) is 0 Å². The molecule has 0 bridgehead atoms. The molecule has 4 heavy (non-hydrogen) atoms. The summed E-state index contributed by atoms with van der Waals surface area (Å²) in [5, 5.41) is 0. The molecular formula is H3CeCuInNd. The van der Waals surface area contributed by atoms with Gasteiger partial charge in [0.15, 0.2) is 0 Å². The molecule has 0 N–H and O–H groups in total. The standard InChI is InChI=1S/Ce.Cu.In.Nd.3H. The summed E-state index contributed by atoms with van der Waals surface area (Å²) in [5.74, 6) is 0. The summed E-state index contributed by atoms with van der Waals surface area (Å²) in [6.45, 7) is 0. The maximum absolute atomic E-state index is 0. The largest absolute Gasteiger partial charge is 0 e. The van der Waals surface area contributed by atoms with Gasteiger partial charge in [-0.15, -0.1) is 0 Å². The van der Waals surface area contributed by atoms with Gasteiger partial charge in [-0.2, -0.15) is 0 Å². The Morgan fingerprint density at radius 1 is 1.00 bits per heavy atom. The summed E-state index contributed by atoms with van der Waals surface area (Å²) < 4.78 is 0. The molecule has 25 valence electrons. The van der Waals surface area contributed by atoms with Crippen LogP contribution in [0.4, 0.5) is 0 Å². The second kappa shape index (κ2) is 15.7. The summed E-state index contributed by atoms with van der Waals surface area (Å²) in [6.07, 6.45) is 0. The molecule has 0 aliphatic carbocycles. The first-order chi connectivity index (χ1) is 0. The van der Waals surface area contributed by atoms with E-state index in [1.54, 1.807) is 0 Å². The third kappa shape index (κ3) is 9.45. The maximum Gasteiger partial charge on any atom is 0 e. The van der Waals surface area contributed by atoms with Gasteiger partial charge in [0, 0.05) is 99.7 Å². The molecular weight excluding hydrogens is 463 g/mol. The van der Waals surface area contributed by atoms with Gasteiger partial charge in [-0.05, 0) is 0 Å². The van der Waals surface area contributed by atoms with Crippen LogP contribution in [0.1, 0.15) is 0 Å². The molecule has 1 radical (unpaired) electrons. The van der Waals surface area contributed by atoms with E-state index in [4.69, 9.17) is 0 Å². The summed E-state index contributed by atoms with van der Waals surface area (Å²) in [5.41, 5.74) is 0. The fourth-order valence-corrected chi connectivity index (χ4v) is 0. The molecule has 0 aromatic carbocycles. The van der Waals surface area contributed by atoms with Crippen molar-refractivity contribution >= 4 is 25.8 Å². The molecule has 0 spiro atoms. The molecule has 0 heterocycles. The van der Waals surface area contributed by atoms with Crippen LogP contribution in [0.5, 0.6) is 0 Å². The second-order valence-electron chi connectivity index (χ2n) is 0. The van der Waals surface area contributed by atoms with Crippen LogP contribution >= 0.6 is 0 Å². The van der Waals surface area contributed by atoms with Gasteiger partial charge in [0.25, 0.3) is 0 Å². The molecule has 0 saturated heterocycles. The Labute approximate surface area is 122 Å². The van der Waals surface area contributed by atoms with Crippen molar-refractivity contribution in [3.8, 4) is 0 Å². The first-order valence-electron chi connectivity index (χ1n) is 0. The number of hydrogen-bond donors (Lipinski definition) is 0. The Hall–Kier alpha value is 4.12. The van der Waals surface area contributed by atoms with Crippen molar-refractivity contribution in [2.45, 2.75) is 0 Å². The fourth-order valence-electron chi connectivity index (χ4n) is 0. The zero-order valence-corrected chi connectivity index (χ0v) is 8.59. The third-order valence-electron chi connectivity index (χ3n) is 0. The van der Waals surface area contributed by atoms with E-state index < -0.39 is 0 Å². The Morgan fingerprint density at radius 3 is 1.00 bits per heavy atom. The first-order valence-corrected chi connectivity index (χ1v) is 0. The zero-order chi connectivity index (χ0) is 0. The average Bonchev–Trinajstić information content (AvgIpc) is 0. The van der Waals surface area contributed by atoms with Crippen LogP contribution < -0.4 is 0 Å². The van der Waals surface area contributed by atoms with Crippen molar-refractivity contribution < 1.29 is 99.7 Å². The average molecular weight is 466 g/mol. The summed E-state index contributed by atoms with van der Waals surface area (Å²) >= 11 is 0. The van der Waals surface area contributed by atoms with Crippen LogP contribution in [0.3, 0.4) is 0 Å². The molecule has 0 rings (SSSR count). The van der Waals surface area contributed by atoms with E-state index in [-0.39, 0.29) is 125 Å². The predicted octanol–water partition coefficient (Wildman–Crippen LogP) is -1.19. The minimum Gasteiger partial charge on any atom is 0 e. The van der Waals surface area contributed by atoms with Crippen molar-refractivity contribution in [2.75, 3.05) is 0 Å². The molecule has 0 aromatic rings. The summed E-state index contributed by atoms with van der Waals surface area (Å²) in [7, 11) is 0. The van der Waals surface area contributed by atoms with Crippen LogP contribution in [-0.4, -0.2) is 25.8 Å².